The molecule has 0 spiro atoms. The summed E-state index contributed by atoms with van der Waals surface area (Å²) < 4.78 is 81.7. The molecule has 0 aliphatic carbocycles. The first kappa shape index (κ1) is 33.5. The summed E-state index contributed by atoms with van der Waals surface area (Å²) in [7, 11) is 0. The Hall–Kier alpha value is -5.36. The van der Waals surface area contributed by atoms with Crippen LogP contribution in [0.4, 0.5) is 26.3 Å². The molecule has 0 atom stereocenters. The Morgan fingerprint density at radius 2 is 0.918 bits per heavy atom. The molecule has 0 fully saturated rings. The summed E-state index contributed by atoms with van der Waals surface area (Å²) in [6.45, 7) is 4.84. The number of alkyl halides is 6. The zero-order valence-electron chi connectivity index (χ0n) is 27.0. The first-order valence-electron chi connectivity index (χ1n) is 15.8. The number of hydrogen-bond acceptors (Lipinski definition) is 0. The highest BCUT2D eigenvalue weighted by Gasteiger charge is 2.33. The van der Waals surface area contributed by atoms with Gasteiger partial charge in [0.1, 0.15) is 0 Å². The Morgan fingerprint density at radius 3 is 1.41 bits per heavy atom. The largest absolute Gasteiger partial charge is 0.416 e. The molecular weight excluding hydrogens is 630 g/mol. The maximum absolute atomic E-state index is 13.6. The van der Waals surface area contributed by atoms with E-state index >= 15 is 0 Å². The topological polar surface area (TPSA) is 0 Å². The van der Waals surface area contributed by atoms with Crippen LogP contribution < -0.4 is 0 Å². The van der Waals surface area contributed by atoms with Crippen LogP contribution in [0.25, 0.3) is 61.4 Å². The fourth-order valence-electron chi connectivity index (χ4n) is 6.25. The van der Waals surface area contributed by atoms with Crippen LogP contribution in [0.5, 0.6) is 0 Å². The maximum atomic E-state index is 13.6. The van der Waals surface area contributed by atoms with E-state index in [-0.39, 0.29) is 11.1 Å². The van der Waals surface area contributed by atoms with Gasteiger partial charge in [-0.25, -0.2) is 0 Å². The second-order valence-electron chi connectivity index (χ2n) is 12.0. The van der Waals surface area contributed by atoms with Crippen molar-refractivity contribution in [2.75, 3.05) is 0 Å². The lowest BCUT2D eigenvalue weighted by molar-refractivity contribution is -0.138. The van der Waals surface area contributed by atoms with E-state index in [1.165, 1.54) is 38.1 Å². The SMILES string of the molecule is C/C=C\C=C/c1cc(-c2ccc(-c3ccc(C)c(C(F)(F)F)c3)cc2)c2ccccc2c1-c1ccc(-c2ccc(C)c(C(F)(F)F)c2)cc1. The Kier molecular flexibility index (Phi) is 9.08. The minimum Gasteiger partial charge on any atom is -0.166 e. The van der Waals surface area contributed by atoms with Crippen LogP contribution in [0.15, 0.2) is 133 Å². The standard InChI is InChI=1S/C43H32F6/c1-4-5-6-9-35-24-38(31-20-16-29(17-21-31)33-14-12-27(2)39(25-33)42(44,45)46)36-10-7-8-11-37(36)41(35)32-22-18-30(19-23-32)34-15-13-28(3)40(26-34)43(47,48)49/h4-26H,1-3H3/b5-4-,9-6-. The maximum Gasteiger partial charge on any atom is 0.416 e. The molecule has 0 unspecified atom stereocenters. The summed E-state index contributed by atoms with van der Waals surface area (Å²) in [5, 5.41) is 1.97. The van der Waals surface area contributed by atoms with E-state index < -0.39 is 23.5 Å². The summed E-state index contributed by atoms with van der Waals surface area (Å²) in [4.78, 5) is 0. The van der Waals surface area contributed by atoms with Crippen LogP contribution in [0.1, 0.15) is 34.7 Å². The molecule has 0 amide bonds. The molecule has 6 aromatic carbocycles. The number of allylic oxidation sites excluding steroid dienone is 3. The lowest BCUT2D eigenvalue weighted by Gasteiger charge is -2.17. The average molecular weight is 663 g/mol. The fraction of sp³-hybridized carbons (Fsp3) is 0.116. The third-order valence-electron chi connectivity index (χ3n) is 8.78. The molecule has 6 aromatic rings. The zero-order valence-corrected chi connectivity index (χ0v) is 27.0. The van der Waals surface area contributed by atoms with Gasteiger partial charge in [0.05, 0.1) is 11.1 Å². The molecule has 0 bridgehead atoms. The molecule has 0 nitrogen and oxygen atoms in total. The van der Waals surface area contributed by atoms with E-state index in [0.29, 0.717) is 22.3 Å². The van der Waals surface area contributed by atoms with Crippen molar-refractivity contribution in [3.63, 3.8) is 0 Å². The van der Waals surface area contributed by atoms with Gasteiger partial charge in [-0.2, -0.15) is 26.3 Å². The van der Waals surface area contributed by atoms with Crippen molar-refractivity contribution in [1.82, 2.24) is 0 Å². The molecular formula is C43H32F6. The van der Waals surface area contributed by atoms with Gasteiger partial charge in [0.15, 0.2) is 0 Å². The molecule has 246 valence electrons. The molecule has 0 aliphatic rings. The normalized spacial score (nSPS) is 12.4. The highest BCUT2D eigenvalue weighted by Crippen LogP contribution is 2.41. The molecule has 0 saturated heterocycles. The minimum absolute atomic E-state index is 0.178. The Morgan fingerprint density at radius 1 is 0.469 bits per heavy atom. The molecule has 6 rings (SSSR count). The van der Waals surface area contributed by atoms with Crippen LogP contribution in [0.3, 0.4) is 0 Å². The molecule has 49 heavy (non-hydrogen) atoms. The van der Waals surface area contributed by atoms with Crippen molar-refractivity contribution < 1.29 is 26.3 Å². The first-order valence-corrected chi connectivity index (χ1v) is 15.8. The Labute approximate surface area is 281 Å². The first-order chi connectivity index (χ1) is 23.3. The molecule has 0 N–H and O–H groups in total. The van der Waals surface area contributed by atoms with E-state index in [2.05, 4.69) is 6.07 Å². The van der Waals surface area contributed by atoms with Crippen LogP contribution in [-0.4, -0.2) is 0 Å². The second kappa shape index (κ2) is 13.3. The van der Waals surface area contributed by atoms with E-state index in [1.54, 1.807) is 12.1 Å². The van der Waals surface area contributed by atoms with Crippen molar-refractivity contribution in [1.29, 1.82) is 0 Å². The third kappa shape index (κ3) is 6.95. The van der Waals surface area contributed by atoms with Crippen molar-refractivity contribution >= 4 is 16.8 Å². The van der Waals surface area contributed by atoms with Crippen LogP contribution in [0.2, 0.25) is 0 Å². The van der Waals surface area contributed by atoms with Gasteiger partial charge in [-0.15, -0.1) is 0 Å². The third-order valence-corrected chi connectivity index (χ3v) is 8.78. The highest BCUT2D eigenvalue weighted by molar-refractivity contribution is 6.08. The van der Waals surface area contributed by atoms with Gasteiger partial charge in [0, 0.05) is 0 Å². The van der Waals surface area contributed by atoms with Crippen LogP contribution in [0, 0.1) is 13.8 Å². The minimum atomic E-state index is -4.44. The summed E-state index contributed by atoms with van der Waals surface area (Å²) in [5.74, 6) is 0. The predicted octanol–water partition coefficient (Wildman–Crippen LogP) is 13.8. The summed E-state index contributed by atoms with van der Waals surface area (Å²) >= 11 is 0. The lowest BCUT2D eigenvalue weighted by Crippen LogP contribution is -2.07. The van der Waals surface area contributed by atoms with E-state index in [9.17, 15) is 26.3 Å². The molecule has 6 heteroatoms. The second-order valence-corrected chi connectivity index (χ2v) is 12.0. The quantitative estimate of drug-likeness (QED) is 0.123. The van der Waals surface area contributed by atoms with Gasteiger partial charge >= 0.3 is 12.4 Å². The number of rotatable bonds is 6. The average Bonchev–Trinajstić information content (AvgIpc) is 3.08. The Bertz CT molecular complexity index is 2200. The van der Waals surface area contributed by atoms with Gasteiger partial charge < -0.3 is 0 Å². The molecule has 0 aromatic heterocycles. The van der Waals surface area contributed by atoms with Crippen molar-refractivity contribution in [3.05, 3.63) is 161 Å². The molecule has 0 aliphatic heterocycles. The number of fused-ring (bicyclic) bond motifs is 1. The molecule has 0 heterocycles. The van der Waals surface area contributed by atoms with Gasteiger partial charge in [0.2, 0.25) is 0 Å². The van der Waals surface area contributed by atoms with Gasteiger partial charge in [0.25, 0.3) is 0 Å². The number of hydrogen-bond donors (Lipinski definition) is 0. The van der Waals surface area contributed by atoms with Crippen molar-refractivity contribution in [2.45, 2.75) is 33.1 Å². The van der Waals surface area contributed by atoms with Crippen molar-refractivity contribution in [2.24, 2.45) is 0 Å². The van der Waals surface area contributed by atoms with E-state index in [4.69, 9.17) is 0 Å². The molecule has 0 radical (unpaired) electrons. The van der Waals surface area contributed by atoms with E-state index in [1.807, 2.05) is 104 Å². The predicted molar refractivity (Wildman–Crippen MR) is 189 cm³/mol. The van der Waals surface area contributed by atoms with Crippen molar-refractivity contribution in [3.8, 4) is 44.5 Å². The lowest BCUT2D eigenvalue weighted by atomic mass is 9.87. The number of benzene rings is 6. The molecule has 0 saturated carbocycles. The van der Waals surface area contributed by atoms with Gasteiger partial charge in [-0.3, -0.25) is 0 Å². The summed E-state index contributed by atoms with van der Waals surface area (Å²) in [6, 6.07) is 34.0. The number of aryl methyl sites for hydroxylation is 2. The zero-order chi connectivity index (χ0) is 34.9. The highest BCUT2D eigenvalue weighted by atomic mass is 19.4. The van der Waals surface area contributed by atoms with E-state index in [0.717, 1.165) is 38.6 Å². The van der Waals surface area contributed by atoms with Crippen LogP contribution >= 0.6 is 0 Å². The Balaban J connectivity index is 1.45. The number of halogens is 6. The fourth-order valence-corrected chi connectivity index (χ4v) is 6.25. The summed E-state index contributed by atoms with van der Waals surface area (Å²) in [6.07, 6.45) is -1.04. The van der Waals surface area contributed by atoms with Crippen LogP contribution in [-0.2, 0) is 12.4 Å². The van der Waals surface area contributed by atoms with Gasteiger partial charge in [-0.05, 0) is 111 Å². The monoisotopic (exact) mass is 662 g/mol. The summed E-state index contributed by atoms with van der Waals surface area (Å²) in [5.41, 5.74) is 6.08. The smallest absolute Gasteiger partial charge is 0.166 e. The van der Waals surface area contributed by atoms with Gasteiger partial charge in [-0.1, -0.05) is 121 Å².